The molecule has 0 aliphatic rings. The normalized spacial score (nSPS) is 10.3. The maximum Gasteiger partial charge on any atom is 0.137 e. The van der Waals surface area contributed by atoms with Crippen LogP contribution in [0.15, 0.2) is 6.33 Å². The second-order valence-electron chi connectivity index (χ2n) is 2.90. The zero-order chi connectivity index (χ0) is 11.1. The largest absolute Gasteiger partial charge is 0.394 e. The van der Waals surface area contributed by atoms with E-state index in [2.05, 4.69) is 15.3 Å². The number of nitrogens with zero attached hydrogens (tertiary/aromatic N) is 2. The number of aliphatic hydroxyl groups excluding tert-OH is 1. The van der Waals surface area contributed by atoms with E-state index in [0.29, 0.717) is 30.7 Å². The molecule has 1 heterocycles. The molecule has 0 saturated heterocycles. The molecule has 1 rings (SSSR count). The third-order valence-electron chi connectivity index (χ3n) is 1.80. The first-order valence-electron chi connectivity index (χ1n) is 4.65. The van der Waals surface area contributed by atoms with E-state index < -0.39 is 0 Å². The average Bonchev–Trinajstić information content (AvgIpc) is 2.24. The number of halogens is 1. The highest BCUT2D eigenvalue weighted by Gasteiger charge is 2.03. The second-order valence-corrected chi connectivity index (χ2v) is 3.26. The van der Waals surface area contributed by atoms with Gasteiger partial charge in [-0.2, -0.15) is 0 Å². The standard InChI is InChI=1S/C9H14ClN3O2/c1-7-8(10)12-6-13-9(7)11-2-4-15-5-3-14/h6,14H,2-5H2,1H3,(H,11,12,13). The van der Waals surface area contributed by atoms with E-state index in [4.69, 9.17) is 21.4 Å². The molecule has 0 radical (unpaired) electrons. The molecule has 1 aromatic rings. The summed E-state index contributed by atoms with van der Waals surface area (Å²) in [5, 5.41) is 12.0. The highest BCUT2D eigenvalue weighted by Crippen LogP contribution is 2.17. The quantitative estimate of drug-likeness (QED) is 0.562. The molecular weight excluding hydrogens is 218 g/mol. The van der Waals surface area contributed by atoms with Gasteiger partial charge in [-0.25, -0.2) is 9.97 Å². The fourth-order valence-corrected chi connectivity index (χ4v) is 1.15. The minimum Gasteiger partial charge on any atom is -0.394 e. The lowest BCUT2D eigenvalue weighted by Crippen LogP contribution is -2.13. The molecule has 0 aliphatic heterocycles. The van der Waals surface area contributed by atoms with Gasteiger partial charge >= 0.3 is 0 Å². The Hall–Kier alpha value is -0.910. The fraction of sp³-hybridized carbons (Fsp3) is 0.556. The summed E-state index contributed by atoms with van der Waals surface area (Å²) in [5.74, 6) is 0.711. The van der Waals surface area contributed by atoms with E-state index in [1.807, 2.05) is 6.92 Å². The highest BCUT2D eigenvalue weighted by atomic mass is 35.5. The molecule has 5 nitrogen and oxygen atoms in total. The molecule has 0 aromatic carbocycles. The lowest BCUT2D eigenvalue weighted by Gasteiger charge is -2.08. The van der Waals surface area contributed by atoms with Crippen LogP contribution in [-0.2, 0) is 4.74 Å². The summed E-state index contributed by atoms with van der Waals surface area (Å²) in [6, 6.07) is 0. The van der Waals surface area contributed by atoms with Gasteiger partial charge in [0.05, 0.1) is 19.8 Å². The molecule has 0 spiro atoms. The van der Waals surface area contributed by atoms with Crippen LogP contribution in [0, 0.1) is 6.92 Å². The van der Waals surface area contributed by atoms with Gasteiger partial charge in [-0.3, -0.25) is 0 Å². The van der Waals surface area contributed by atoms with Crippen molar-refractivity contribution in [3.8, 4) is 0 Å². The SMILES string of the molecule is Cc1c(Cl)ncnc1NCCOCCO. The Morgan fingerprint density at radius 2 is 2.27 bits per heavy atom. The second kappa shape index (κ2) is 6.55. The lowest BCUT2D eigenvalue weighted by molar-refractivity contribution is 0.0992. The van der Waals surface area contributed by atoms with Crippen LogP contribution in [0.3, 0.4) is 0 Å². The molecule has 0 aliphatic carbocycles. The van der Waals surface area contributed by atoms with E-state index >= 15 is 0 Å². The smallest absolute Gasteiger partial charge is 0.137 e. The van der Waals surface area contributed by atoms with Crippen molar-refractivity contribution in [1.29, 1.82) is 0 Å². The third-order valence-corrected chi connectivity index (χ3v) is 2.18. The predicted molar refractivity (Wildman–Crippen MR) is 58.2 cm³/mol. The number of hydrogen-bond acceptors (Lipinski definition) is 5. The summed E-state index contributed by atoms with van der Waals surface area (Å²) >= 11 is 5.82. The van der Waals surface area contributed by atoms with Crippen LogP contribution in [0.1, 0.15) is 5.56 Å². The van der Waals surface area contributed by atoms with Gasteiger partial charge in [-0.1, -0.05) is 11.6 Å². The first-order valence-corrected chi connectivity index (χ1v) is 5.03. The average molecular weight is 232 g/mol. The van der Waals surface area contributed by atoms with Crippen molar-refractivity contribution in [3.63, 3.8) is 0 Å². The lowest BCUT2D eigenvalue weighted by atomic mass is 10.3. The Labute approximate surface area is 93.5 Å². The Morgan fingerprint density at radius 3 is 3.00 bits per heavy atom. The fourth-order valence-electron chi connectivity index (χ4n) is 1.02. The Kier molecular flexibility index (Phi) is 5.31. The van der Waals surface area contributed by atoms with E-state index in [1.165, 1.54) is 6.33 Å². The summed E-state index contributed by atoms with van der Waals surface area (Å²) in [4.78, 5) is 7.89. The van der Waals surface area contributed by atoms with Gasteiger partial charge in [0.1, 0.15) is 17.3 Å². The minimum absolute atomic E-state index is 0.0400. The van der Waals surface area contributed by atoms with Crippen molar-refractivity contribution in [2.75, 3.05) is 31.7 Å². The minimum atomic E-state index is 0.0400. The zero-order valence-corrected chi connectivity index (χ0v) is 9.29. The molecule has 84 valence electrons. The maximum absolute atomic E-state index is 8.48. The molecular formula is C9H14ClN3O2. The van der Waals surface area contributed by atoms with Crippen molar-refractivity contribution in [1.82, 2.24) is 9.97 Å². The Morgan fingerprint density at radius 1 is 1.47 bits per heavy atom. The number of aromatic nitrogens is 2. The predicted octanol–water partition coefficient (Wildman–Crippen LogP) is 0.859. The maximum atomic E-state index is 8.48. The van der Waals surface area contributed by atoms with Crippen LogP contribution in [0.4, 0.5) is 5.82 Å². The molecule has 6 heteroatoms. The molecule has 1 aromatic heterocycles. The van der Waals surface area contributed by atoms with E-state index in [9.17, 15) is 0 Å². The number of aliphatic hydroxyl groups is 1. The van der Waals surface area contributed by atoms with Crippen LogP contribution in [0.5, 0.6) is 0 Å². The van der Waals surface area contributed by atoms with Gasteiger partial charge in [0, 0.05) is 12.1 Å². The van der Waals surface area contributed by atoms with Crippen LogP contribution >= 0.6 is 11.6 Å². The molecule has 2 N–H and O–H groups in total. The Balaban J connectivity index is 2.34. The number of rotatable bonds is 6. The van der Waals surface area contributed by atoms with Gasteiger partial charge in [0.15, 0.2) is 0 Å². The third kappa shape index (κ3) is 3.99. The summed E-state index contributed by atoms with van der Waals surface area (Å²) in [7, 11) is 0. The van der Waals surface area contributed by atoms with E-state index in [-0.39, 0.29) is 6.61 Å². The summed E-state index contributed by atoms with van der Waals surface area (Å²) in [5.41, 5.74) is 0.821. The molecule has 0 amide bonds. The van der Waals surface area contributed by atoms with E-state index in [1.54, 1.807) is 0 Å². The Bertz CT molecular complexity index is 309. The molecule has 0 saturated carbocycles. The van der Waals surface area contributed by atoms with Crippen molar-refractivity contribution < 1.29 is 9.84 Å². The number of ether oxygens (including phenoxy) is 1. The van der Waals surface area contributed by atoms with Crippen LogP contribution in [0.2, 0.25) is 5.15 Å². The monoisotopic (exact) mass is 231 g/mol. The van der Waals surface area contributed by atoms with Gasteiger partial charge in [0.25, 0.3) is 0 Å². The highest BCUT2D eigenvalue weighted by molar-refractivity contribution is 6.30. The number of hydrogen-bond donors (Lipinski definition) is 2. The molecule has 0 fully saturated rings. The summed E-state index contributed by atoms with van der Waals surface area (Å²) in [6.07, 6.45) is 1.41. The summed E-state index contributed by atoms with van der Waals surface area (Å²) < 4.78 is 5.09. The first kappa shape index (κ1) is 12.2. The molecule has 0 bridgehead atoms. The van der Waals surface area contributed by atoms with Crippen molar-refractivity contribution >= 4 is 17.4 Å². The number of nitrogens with one attached hydrogen (secondary N) is 1. The van der Waals surface area contributed by atoms with E-state index in [0.717, 1.165) is 5.56 Å². The van der Waals surface area contributed by atoms with Gasteiger partial charge < -0.3 is 15.2 Å². The van der Waals surface area contributed by atoms with Gasteiger partial charge in [0.2, 0.25) is 0 Å². The van der Waals surface area contributed by atoms with Gasteiger partial charge in [-0.05, 0) is 6.92 Å². The molecule has 15 heavy (non-hydrogen) atoms. The zero-order valence-electron chi connectivity index (χ0n) is 8.53. The van der Waals surface area contributed by atoms with Crippen molar-refractivity contribution in [2.24, 2.45) is 0 Å². The first-order chi connectivity index (χ1) is 7.25. The van der Waals surface area contributed by atoms with Crippen molar-refractivity contribution in [3.05, 3.63) is 17.0 Å². The van der Waals surface area contributed by atoms with Crippen LogP contribution in [0.25, 0.3) is 0 Å². The molecule has 0 unspecified atom stereocenters. The van der Waals surface area contributed by atoms with Crippen molar-refractivity contribution in [2.45, 2.75) is 6.92 Å². The van der Waals surface area contributed by atoms with Gasteiger partial charge in [-0.15, -0.1) is 0 Å². The number of anilines is 1. The van der Waals surface area contributed by atoms with Crippen LogP contribution in [-0.4, -0.2) is 41.4 Å². The summed E-state index contributed by atoms with van der Waals surface area (Å²) in [6.45, 7) is 3.37. The topological polar surface area (TPSA) is 67.3 Å². The van der Waals surface area contributed by atoms with Crippen LogP contribution < -0.4 is 5.32 Å². The molecule has 0 atom stereocenters.